The summed E-state index contributed by atoms with van der Waals surface area (Å²) >= 11 is 12.6. The smallest absolute Gasteiger partial charge is 0.266 e. The van der Waals surface area contributed by atoms with Gasteiger partial charge in [-0.15, -0.1) is 0 Å². The Bertz CT molecular complexity index is 1150. The highest BCUT2D eigenvalue weighted by Crippen LogP contribution is 2.49. The van der Waals surface area contributed by atoms with E-state index in [1.54, 1.807) is 23.3 Å². The van der Waals surface area contributed by atoms with Crippen molar-refractivity contribution in [1.29, 1.82) is 0 Å². The third-order valence-corrected chi connectivity index (χ3v) is 6.32. The predicted octanol–water partition coefficient (Wildman–Crippen LogP) is 5.35. The van der Waals surface area contributed by atoms with Crippen molar-refractivity contribution in [3.63, 3.8) is 0 Å². The molecule has 156 valence electrons. The van der Waals surface area contributed by atoms with E-state index in [0.717, 1.165) is 21.7 Å². The Kier molecular flexibility index (Phi) is 4.97. The summed E-state index contributed by atoms with van der Waals surface area (Å²) in [5.41, 5.74) is 2.96. The van der Waals surface area contributed by atoms with Crippen molar-refractivity contribution in [3.05, 3.63) is 94.0 Å². The van der Waals surface area contributed by atoms with Gasteiger partial charge in [0.1, 0.15) is 5.92 Å². The lowest BCUT2D eigenvalue weighted by Crippen LogP contribution is -2.37. The van der Waals surface area contributed by atoms with E-state index in [0.29, 0.717) is 0 Å². The number of halogens is 2. The van der Waals surface area contributed by atoms with Crippen LogP contribution in [-0.2, 0) is 14.4 Å². The highest BCUT2D eigenvalue weighted by Gasteiger charge is 2.60. The number of hydroxylamine groups is 1. The van der Waals surface area contributed by atoms with Gasteiger partial charge in [-0.05, 0) is 36.8 Å². The first-order valence-electron chi connectivity index (χ1n) is 9.87. The molecule has 3 aromatic carbocycles. The highest BCUT2D eigenvalue weighted by molar-refractivity contribution is 6.42. The largest absolute Gasteiger partial charge is 0.273 e. The number of para-hydroxylation sites is 2. The fourth-order valence-electron chi connectivity index (χ4n) is 4.24. The van der Waals surface area contributed by atoms with Crippen molar-refractivity contribution in [2.24, 2.45) is 5.92 Å². The molecule has 7 heteroatoms. The van der Waals surface area contributed by atoms with Crippen LogP contribution in [0.25, 0.3) is 0 Å². The van der Waals surface area contributed by atoms with Gasteiger partial charge in [0.2, 0.25) is 5.91 Å². The summed E-state index contributed by atoms with van der Waals surface area (Å²) in [4.78, 5) is 34.1. The van der Waals surface area contributed by atoms with E-state index in [2.05, 4.69) is 0 Å². The molecular weight excluding hydrogens is 435 g/mol. The molecule has 31 heavy (non-hydrogen) atoms. The Balaban J connectivity index is 1.61. The molecule has 2 saturated heterocycles. The SMILES string of the molecule is Cc1ccc([C@H]2[C@@H]3C(=O)N(c4c(Cl)cccc4Cl)C(=O)[C@H]3ON2c2ccccc2)cc1. The molecule has 3 aromatic rings. The number of aryl methyl sites for hydroxylation is 1. The number of nitrogens with zero attached hydrogens (tertiary/aromatic N) is 2. The quantitative estimate of drug-likeness (QED) is 0.502. The zero-order valence-electron chi connectivity index (χ0n) is 16.5. The summed E-state index contributed by atoms with van der Waals surface area (Å²) < 4.78 is 0. The molecule has 2 heterocycles. The van der Waals surface area contributed by atoms with E-state index in [-0.39, 0.29) is 21.6 Å². The number of hydrogen-bond acceptors (Lipinski definition) is 4. The van der Waals surface area contributed by atoms with Crippen LogP contribution in [0, 0.1) is 12.8 Å². The second-order valence-electron chi connectivity index (χ2n) is 7.65. The van der Waals surface area contributed by atoms with Crippen molar-refractivity contribution in [2.45, 2.75) is 19.1 Å². The van der Waals surface area contributed by atoms with Crippen LogP contribution in [0.1, 0.15) is 17.2 Å². The molecule has 0 bridgehead atoms. The fourth-order valence-corrected chi connectivity index (χ4v) is 4.81. The molecule has 2 aliphatic rings. The first-order chi connectivity index (χ1) is 15.0. The number of carbonyl (C=O) groups is 2. The van der Waals surface area contributed by atoms with Crippen molar-refractivity contribution >= 4 is 46.4 Å². The molecule has 0 radical (unpaired) electrons. The number of anilines is 2. The summed E-state index contributed by atoms with van der Waals surface area (Å²) in [5, 5.41) is 2.14. The number of imide groups is 1. The van der Waals surface area contributed by atoms with Crippen LogP contribution >= 0.6 is 23.2 Å². The minimum atomic E-state index is -0.966. The molecule has 5 nitrogen and oxygen atoms in total. The molecule has 0 N–H and O–H groups in total. The summed E-state index contributed by atoms with van der Waals surface area (Å²) in [6.07, 6.45) is -0.966. The second kappa shape index (κ2) is 7.68. The van der Waals surface area contributed by atoms with E-state index in [1.165, 1.54) is 0 Å². The van der Waals surface area contributed by atoms with Gasteiger partial charge >= 0.3 is 0 Å². The van der Waals surface area contributed by atoms with Gasteiger partial charge in [-0.1, -0.05) is 77.3 Å². The maximum Gasteiger partial charge on any atom is 0.266 e. The predicted molar refractivity (Wildman–Crippen MR) is 120 cm³/mol. The first kappa shape index (κ1) is 20.1. The maximum atomic E-state index is 13.6. The van der Waals surface area contributed by atoms with Crippen LogP contribution in [0.15, 0.2) is 72.8 Å². The molecule has 2 aliphatic heterocycles. The van der Waals surface area contributed by atoms with Crippen LogP contribution in [0.2, 0.25) is 10.0 Å². The molecule has 0 unspecified atom stereocenters. The monoisotopic (exact) mass is 452 g/mol. The summed E-state index contributed by atoms with van der Waals surface area (Å²) in [6, 6.07) is 21.7. The Morgan fingerprint density at radius 1 is 0.806 bits per heavy atom. The molecule has 2 amide bonds. The lowest BCUT2D eigenvalue weighted by atomic mass is 9.90. The third kappa shape index (κ3) is 3.21. The van der Waals surface area contributed by atoms with Gasteiger partial charge in [-0.2, -0.15) is 0 Å². The summed E-state index contributed by atoms with van der Waals surface area (Å²) in [5.74, 6) is -1.59. The van der Waals surface area contributed by atoms with Gasteiger partial charge in [-0.25, -0.2) is 9.96 Å². The average Bonchev–Trinajstić information content (AvgIpc) is 3.27. The van der Waals surface area contributed by atoms with Gasteiger partial charge < -0.3 is 0 Å². The summed E-state index contributed by atoms with van der Waals surface area (Å²) in [7, 11) is 0. The van der Waals surface area contributed by atoms with Gasteiger partial charge in [0.05, 0.1) is 27.5 Å². The Labute approximate surface area is 189 Å². The van der Waals surface area contributed by atoms with E-state index >= 15 is 0 Å². The van der Waals surface area contributed by atoms with Crippen LogP contribution in [0.5, 0.6) is 0 Å². The molecule has 3 atom stereocenters. The van der Waals surface area contributed by atoms with Crippen molar-refractivity contribution < 1.29 is 14.4 Å². The lowest BCUT2D eigenvalue weighted by molar-refractivity contribution is -0.126. The molecule has 0 spiro atoms. The van der Waals surface area contributed by atoms with Crippen LogP contribution in [0.4, 0.5) is 11.4 Å². The standard InChI is InChI=1S/C24H18Cl2N2O3/c1-14-10-12-15(13-11-14)20-19-22(31-28(20)16-6-3-2-4-7-16)24(30)27(23(19)29)21-17(25)8-5-9-18(21)26/h2-13,19-20,22H,1H3/t19-,20-,22-/m0/s1. The molecule has 0 aromatic heterocycles. The molecular formula is C24H18Cl2N2O3. The zero-order valence-corrected chi connectivity index (χ0v) is 18.0. The van der Waals surface area contributed by atoms with Gasteiger partial charge in [0, 0.05) is 0 Å². The molecule has 2 fully saturated rings. The highest BCUT2D eigenvalue weighted by atomic mass is 35.5. The number of amides is 2. The topological polar surface area (TPSA) is 49.9 Å². The van der Waals surface area contributed by atoms with Crippen molar-refractivity contribution in [2.75, 3.05) is 9.96 Å². The number of hydrogen-bond donors (Lipinski definition) is 0. The van der Waals surface area contributed by atoms with Gasteiger partial charge in [0.15, 0.2) is 6.10 Å². The number of rotatable bonds is 3. The molecule has 5 rings (SSSR count). The van der Waals surface area contributed by atoms with E-state index < -0.39 is 24.0 Å². The molecule has 0 saturated carbocycles. The average molecular weight is 453 g/mol. The summed E-state index contributed by atoms with van der Waals surface area (Å²) in [6.45, 7) is 2.00. The minimum absolute atomic E-state index is 0.202. The van der Waals surface area contributed by atoms with Gasteiger partial charge in [-0.3, -0.25) is 14.4 Å². The van der Waals surface area contributed by atoms with E-state index in [1.807, 2.05) is 61.5 Å². The Hall–Kier alpha value is -2.86. The van der Waals surface area contributed by atoms with Gasteiger partial charge in [0.25, 0.3) is 5.91 Å². The Morgan fingerprint density at radius 3 is 2.10 bits per heavy atom. The van der Waals surface area contributed by atoms with Crippen LogP contribution in [0.3, 0.4) is 0 Å². The fraction of sp³-hybridized carbons (Fsp3) is 0.167. The molecule has 0 aliphatic carbocycles. The van der Waals surface area contributed by atoms with Crippen LogP contribution < -0.4 is 9.96 Å². The maximum absolute atomic E-state index is 13.6. The minimum Gasteiger partial charge on any atom is -0.273 e. The number of fused-ring (bicyclic) bond motifs is 1. The van der Waals surface area contributed by atoms with Crippen molar-refractivity contribution in [3.8, 4) is 0 Å². The third-order valence-electron chi connectivity index (χ3n) is 5.71. The number of benzene rings is 3. The first-order valence-corrected chi connectivity index (χ1v) is 10.6. The Morgan fingerprint density at radius 2 is 1.45 bits per heavy atom. The normalized spacial score (nSPS) is 22.9. The number of carbonyl (C=O) groups excluding carboxylic acids is 2. The second-order valence-corrected chi connectivity index (χ2v) is 8.47. The zero-order chi connectivity index (χ0) is 21.7. The lowest BCUT2D eigenvalue weighted by Gasteiger charge is -2.29. The van der Waals surface area contributed by atoms with E-state index in [9.17, 15) is 9.59 Å². The van der Waals surface area contributed by atoms with E-state index in [4.69, 9.17) is 28.0 Å². The van der Waals surface area contributed by atoms with Crippen molar-refractivity contribution in [1.82, 2.24) is 0 Å². The van der Waals surface area contributed by atoms with Crippen LogP contribution in [-0.4, -0.2) is 17.9 Å².